The van der Waals surface area contributed by atoms with E-state index in [-0.39, 0.29) is 17.6 Å². The number of allylic oxidation sites excluding steroid dienone is 3. The van der Waals surface area contributed by atoms with E-state index in [0.717, 1.165) is 31.6 Å². The van der Waals surface area contributed by atoms with Gasteiger partial charge in [-0.25, -0.2) is 0 Å². The maximum atomic E-state index is 7.81. The van der Waals surface area contributed by atoms with E-state index in [2.05, 4.69) is 36.6 Å². The molecule has 2 saturated heterocycles. The Morgan fingerprint density at radius 1 is 1.24 bits per heavy atom. The van der Waals surface area contributed by atoms with Crippen LogP contribution in [0.25, 0.3) is 6.08 Å². The second kappa shape index (κ2) is 6.49. The minimum atomic E-state index is -1.98. The molecule has 2 unspecified atom stereocenters. The topological polar surface area (TPSA) is 33.3 Å². The molecular weight excluding hydrogens is 376 g/mol. The largest absolute Gasteiger partial charge is 0.474 e. The first-order valence-corrected chi connectivity index (χ1v) is 12.0. The first kappa shape index (κ1) is 15.3. The van der Waals surface area contributed by atoms with Crippen LogP contribution in [0.2, 0.25) is 0 Å². The van der Waals surface area contributed by atoms with Crippen molar-refractivity contribution in [3.63, 3.8) is 0 Å². The Morgan fingerprint density at radius 2 is 2.17 bits per heavy atom. The van der Waals surface area contributed by atoms with Crippen molar-refractivity contribution in [2.45, 2.75) is 89.9 Å². The highest BCUT2D eigenvalue weighted by atomic mass is 32.1. The van der Waals surface area contributed by atoms with Gasteiger partial charge in [-0.3, -0.25) is 5.32 Å². The molecule has 0 aromatic carbocycles. The monoisotopic (exact) mass is 411 g/mol. The van der Waals surface area contributed by atoms with Gasteiger partial charge in [0, 0.05) is 37.1 Å². The lowest BCUT2D eigenvalue weighted by Gasteiger charge is -2.32. The van der Waals surface area contributed by atoms with Crippen molar-refractivity contribution in [3.8, 4) is 0 Å². The molecule has 4 heteroatoms. The molecule has 3 aliphatic heterocycles. The van der Waals surface area contributed by atoms with Gasteiger partial charge < -0.3 is 10.1 Å². The molecule has 29 heavy (non-hydrogen) atoms. The summed E-state index contributed by atoms with van der Waals surface area (Å²) >= 11 is 2.00. The molecule has 0 amide bonds. The zero-order valence-electron chi connectivity index (χ0n) is 20.4. The molecule has 0 spiro atoms. The van der Waals surface area contributed by atoms with E-state index in [1.54, 1.807) is 10.4 Å². The number of fused-ring (bicyclic) bond motifs is 6. The second-order valence-electron chi connectivity index (χ2n) is 9.83. The molecule has 5 aliphatic rings. The standard InChI is InChI=1S/C25H32N2OS/c1-14-9-10-16-15-6-4-7-17(23(15)28-24(16)27-14)19-12-18-21(13-26-19)29-20-8-5-11-25(2,3)22(18)20/h6,12,14,16,24,26-27H,4-5,7-11,13H2,1-3H3/t14-,16?,24?/m1/s1/i1D3. The van der Waals surface area contributed by atoms with Gasteiger partial charge in [0.2, 0.25) is 0 Å². The van der Waals surface area contributed by atoms with Gasteiger partial charge in [-0.05, 0) is 80.0 Å². The third-order valence-corrected chi connectivity index (χ3v) is 8.73. The Balaban J connectivity index is 1.37. The van der Waals surface area contributed by atoms with Gasteiger partial charge in [0.1, 0.15) is 5.76 Å². The van der Waals surface area contributed by atoms with Crippen molar-refractivity contribution in [2.24, 2.45) is 5.92 Å². The summed E-state index contributed by atoms with van der Waals surface area (Å²) in [5.74, 6) is 1.25. The number of piperidine rings is 1. The summed E-state index contributed by atoms with van der Waals surface area (Å²) in [5.41, 5.74) is 7.01. The Morgan fingerprint density at radius 3 is 3.07 bits per heavy atom. The maximum Gasteiger partial charge on any atom is 0.157 e. The van der Waals surface area contributed by atoms with Crippen molar-refractivity contribution < 1.29 is 8.85 Å². The average Bonchev–Trinajstić information content (AvgIpc) is 3.30. The van der Waals surface area contributed by atoms with Gasteiger partial charge in [0.05, 0.1) is 6.54 Å². The molecule has 0 saturated carbocycles. The van der Waals surface area contributed by atoms with Gasteiger partial charge >= 0.3 is 0 Å². The number of ether oxygens (including phenoxy) is 1. The predicted octanol–water partition coefficient (Wildman–Crippen LogP) is 5.52. The van der Waals surface area contributed by atoms with Crippen LogP contribution in [0.1, 0.15) is 84.2 Å². The smallest absolute Gasteiger partial charge is 0.157 e. The van der Waals surface area contributed by atoms with E-state index in [0.29, 0.717) is 6.42 Å². The minimum Gasteiger partial charge on any atom is -0.474 e. The van der Waals surface area contributed by atoms with Crippen LogP contribution >= 0.6 is 11.3 Å². The summed E-state index contributed by atoms with van der Waals surface area (Å²) in [6.07, 6.45) is 11.7. The van der Waals surface area contributed by atoms with Crippen LogP contribution in [0.15, 0.2) is 28.7 Å². The molecule has 6 rings (SSSR count). The number of thiophene rings is 1. The molecule has 0 radical (unpaired) electrons. The molecule has 2 fully saturated rings. The zero-order chi connectivity index (χ0) is 22.3. The van der Waals surface area contributed by atoms with Crippen LogP contribution in [0.4, 0.5) is 0 Å². The molecule has 2 aliphatic carbocycles. The summed E-state index contributed by atoms with van der Waals surface area (Å²) in [4.78, 5) is 3.05. The van der Waals surface area contributed by atoms with E-state index in [1.807, 2.05) is 11.3 Å². The molecular formula is C25H32N2OS. The van der Waals surface area contributed by atoms with Gasteiger partial charge in [-0.2, -0.15) is 0 Å². The predicted molar refractivity (Wildman–Crippen MR) is 120 cm³/mol. The molecule has 0 bridgehead atoms. The normalized spacial score (nSPS) is 34.1. The summed E-state index contributed by atoms with van der Waals surface area (Å²) in [5, 5.41) is 7.00. The van der Waals surface area contributed by atoms with Crippen molar-refractivity contribution in [3.05, 3.63) is 49.6 Å². The molecule has 1 aromatic heterocycles. The van der Waals surface area contributed by atoms with E-state index in [9.17, 15) is 0 Å². The van der Waals surface area contributed by atoms with E-state index in [4.69, 9.17) is 8.85 Å². The molecule has 154 valence electrons. The number of rotatable bonds is 1. The lowest BCUT2D eigenvalue weighted by molar-refractivity contribution is 0.0612. The summed E-state index contributed by atoms with van der Waals surface area (Å²) < 4.78 is 29.9. The van der Waals surface area contributed by atoms with Gasteiger partial charge in [-0.15, -0.1) is 11.3 Å². The van der Waals surface area contributed by atoms with Crippen LogP contribution < -0.4 is 10.6 Å². The number of hydrogen-bond donors (Lipinski definition) is 2. The molecule has 3 atom stereocenters. The highest BCUT2D eigenvalue weighted by Crippen LogP contribution is 2.49. The fourth-order valence-electron chi connectivity index (χ4n) is 6.05. The molecule has 4 heterocycles. The van der Waals surface area contributed by atoms with E-state index >= 15 is 0 Å². The van der Waals surface area contributed by atoms with Crippen molar-refractivity contribution in [1.82, 2.24) is 10.6 Å². The third-order valence-electron chi connectivity index (χ3n) is 7.47. The first-order valence-electron chi connectivity index (χ1n) is 12.7. The van der Waals surface area contributed by atoms with Crippen molar-refractivity contribution in [2.75, 3.05) is 0 Å². The van der Waals surface area contributed by atoms with Gasteiger partial charge in [-0.1, -0.05) is 19.9 Å². The summed E-state index contributed by atoms with van der Waals surface area (Å²) in [6.45, 7) is 3.70. The lowest BCUT2D eigenvalue weighted by atomic mass is 9.73. The Hall–Kier alpha value is -1.52. The molecule has 2 N–H and O–H groups in total. The minimum absolute atomic E-state index is 0.226. The second-order valence-corrected chi connectivity index (χ2v) is 11.0. The number of aryl methyl sites for hydroxylation is 1. The summed E-state index contributed by atoms with van der Waals surface area (Å²) in [7, 11) is 0. The fourth-order valence-corrected chi connectivity index (χ4v) is 7.50. The van der Waals surface area contributed by atoms with Crippen molar-refractivity contribution in [1.29, 1.82) is 0 Å². The van der Waals surface area contributed by atoms with Crippen LogP contribution in [-0.4, -0.2) is 12.3 Å². The SMILES string of the molecule is [2H]C([2H])([2H])[C@@H]1CCC2C3=CCCC(C4=Cc5c(sc6c5C(C)(C)CCC6)CN4)=C3OC2N1. The third kappa shape index (κ3) is 2.79. The lowest BCUT2D eigenvalue weighted by Crippen LogP contribution is -2.44. The van der Waals surface area contributed by atoms with Gasteiger partial charge in [0.25, 0.3) is 0 Å². The zero-order valence-corrected chi connectivity index (χ0v) is 18.2. The Labute approximate surface area is 182 Å². The average molecular weight is 412 g/mol. The highest BCUT2D eigenvalue weighted by Gasteiger charge is 2.43. The summed E-state index contributed by atoms with van der Waals surface area (Å²) in [6, 6.07) is -0.484. The first-order chi connectivity index (χ1) is 15.2. The van der Waals surface area contributed by atoms with E-state index < -0.39 is 12.9 Å². The Bertz CT molecular complexity index is 1060. The van der Waals surface area contributed by atoms with E-state index in [1.165, 1.54) is 46.5 Å². The molecule has 3 nitrogen and oxygen atoms in total. The molecule has 1 aromatic rings. The highest BCUT2D eigenvalue weighted by molar-refractivity contribution is 7.12. The quantitative estimate of drug-likeness (QED) is 0.638. The van der Waals surface area contributed by atoms with Crippen LogP contribution in [0, 0.1) is 5.92 Å². The van der Waals surface area contributed by atoms with Crippen LogP contribution in [0.3, 0.4) is 0 Å². The number of nitrogens with one attached hydrogen (secondary N) is 2. The van der Waals surface area contributed by atoms with Crippen LogP contribution in [-0.2, 0) is 23.1 Å². The van der Waals surface area contributed by atoms with Gasteiger partial charge in [0.15, 0.2) is 6.23 Å². The van der Waals surface area contributed by atoms with Crippen molar-refractivity contribution >= 4 is 17.4 Å². The Kier molecular flexibility index (Phi) is 3.42. The number of hydrogen-bond acceptors (Lipinski definition) is 4. The fraction of sp³-hybridized carbons (Fsp3) is 0.600. The van der Waals surface area contributed by atoms with Crippen LogP contribution in [0.5, 0.6) is 0 Å². The maximum absolute atomic E-state index is 7.81.